The largest absolute Gasteiger partial charge is 0.493 e. The van der Waals surface area contributed by atoms with Crippen LogP contribution in [0.1, 0.15) is 35.1 Å². The number of thioether (sulfide) groups is 1. The average Bonchev–Trinajstić information content (AvgIpc) is 3.50. The molecule has 0 saturated heterocycles. The number of hydrogen-bond donors (Lipinski definition) is 1. The number of ether oxygens (including phenoxy) is 2. The third kappa shape index (κ3) is 7.40. The van der Waals surface area contributed by atoms with Gasteiger partial charge in [-0.1, -0.05) is 53.7 Å². The van der Waals surface area contributed by atoms with Gasteiger partial charge in [0.15, 0.2) is 5.16 Å². The number of esters is 1. The van der Waals surface area contributed by atoms with Crippen molar-refractivity contribution in [2.75, 3.05) is 24.3 Å². The fraction of sp³-hybridized carbons (Fsp3) is 0.286. The molecule has 2 heterocycles. The van der Waals surface area contributed by atoms with Crippen LogP contribution in [0.2, 0.25) is 5.02 Å². The highest BCUT2D eigenvalue weighted by atomic mass is 35.5. The van der Waals surface area contributed by atoms with Gasteiger partial charge in [0.1, 0.15) is 22.1 Å². The van der Waals surface area contributed by atoms with Gasteiger partial charge in [0.25, 0.3) is 0 Å². The number of aryl methyl sites for hydroxylation is 2. The highest BCUT2D eigenvalue weighted by molar-refractivity contribution is 7.99. The normalized spacial score (nSPS) is 10.9. The van der Waals surface area contributed by atoms with Crippen LogP contribution in [0.25, 0.3) is 11.1 Å². The van der Waals surface area contributed by atoms with E-state index in [0.717, 1.165) is 34.7 Å². The summed E-state index contributed by atoms with van der Waals surface area (Å²) in [5.41, 5.74) is 2.97. The van der Waals surface area contributed by atoms with Crippen LogP contribution in [-0.2, 0) is 23.0 Å². The molecule has 4 rings (SSSR count). The number of amides is 1. The fourth-order valence-electron chi connectivity index (χ4n) is 3.85. The van der Waals surface area contributed by atoms with E-state index in [1.807, 2.05) is 72.4 Å². The Morgan fingerprint density at radius 2 is 1.95 bits per heavy atom. The van der Waals surface area contributed by atoms with E-state index in [4.69, 9.17) is 21.1 Å². The third-order valence-electron chi connectivity index (χ3n) is 5.81. The van der Waals surface area contributed by atoms with Crippen molar-refractivity contribution in [3.8, 4) is 16.9 Å². The number of aromatic nitrogens is 3. The third-order valence-corrected chi connectivity index (χ3v) is 7.96. The van der Waals surface area contributed by atoms with Gasteiger partial charge in [-0.3, -0.25) is 4.79 Å². The number of anilines is 1. The van der Waals surface area contributed by atoms with Gasteiger partial charge in [0.05, 0.1) is 19.0 Å². The van der Waals surface area contributed by atoms with Crippen molar-refractivity contribution >= 4 is 51.6 Å². The molecule has 0 aliphatic rings. The highest BCUT2D eigenvalue weighted by Crippen LogP contribution is 2.36. The van der Waals surface area contributed by atoms with Gasteiger partial charge >= 0.3 is 5.97 Å². The van der Waals surface area contributed by atoms with Crippen molar-refractivity contribution in [2.24, 2.45) is 7.05 Å². The Morgan fingerprint density at radius 1 is 1.15 bits per heavy atom. The van der Waals surface area contributed by atoms with Gasteiger partial charge in [0.2, 0.25) is 5.91 Å². The van der Waals surface area contributed by atoms with Crippen LogP contribution in [0.4, 0.5) is 5.00 Å². The number of benzene rings is 2. The van der Waals surface area contributed by atoms with E-state index in [1.165, 1.54) is 23.1 Å². The van der Waals surface area contributed by atoms with Crippen LogP contribution in [0.15, 0.2) is 59.1 Å². The predicted molar refractivity (Wildman–Crippen MR) is 156 cm³/mol. The molecule has 0 saturated carbocycles. The predicted octanol–water partition coefficient (Wildman–Crippen LogP) is 6.42. The van der Waals surface area contributed by atoms with Gasteiger partial charge in [-0.25, -0.2) is 4.79 Å². The maximum Gasteiger partial charge on any atom is 0.341 e. The quantitative estimate of drug-likeness (QED) is 0.116. The molecule has 1 N–H and O–H groups in total. The van der Waals surface area contributed by atoms with Crippen LogP contribution in [-0.4, -0.2) is 45.6 Å². The molecule has 204 valence electrons. The maximum atomic E-state index is 12.8. The molecule has 4 aromatic rings. The molecule has 0 fully saturated rings. The molecule has 39 heavy (non-hydrogen) atoms. The Balaban J connectivity index is 1.32. The second-order valence-corrected chi connectivity index (χ2v) is 10.9. The zero-order valence-corrected chi connectivity index (χ0v) is 24.3. The second-order valence-electron chi connectivity index (χ2n) is 8.60. The van der Waals surface area contributed by atoms with Crippen LogP contribution in [0, 0.1) is 6.92 Å². The number of nitrogens with one attached hydrogen (secondary N) is 1. The first-order chi connectivity index (χ1) is 18.9. The molecule has 2 aromatic carbocycles. The standard InChI is InChI=1S/C28H29ClN4O4S2/c1-4-36-27(35)25-21(19-9-6-5-7-10-19)16-38-26(25)30-24(34)17-39-28-32-31-23(33(28)3)11-8-14-37-22-13-12-20(29)15-18(22)2/h5-7,9-10,12-13,15-16H,4,8,11,14,17H2,1-3H3,(H,30,34). The Labute approximate surface area is 240 Å². The molecule has 8 nitrogen and oxygen atoms in total. The Kier molecular flexibility index (Phi) is 10.0. The summed E-state index contributed by atoms with van der Waals surface area (Å²) in [5, 5.41) is 15.0. The molecule has 0 aliphatic carbocycles. The first-order valence-corrected chi connectivity index (χ1v) is 14.7. The first-order valence-electron chi connectivity index (χ1n) is 12.4. The highest BCUT2D eigenvalue weighted by Gasteiger charge is 2.23. The number of thiophene rings is 1. The number of carbonyl (C=O) groups excluding carboxylic acids is 2. The average molecular weight is 585 g/mol. The zero-order chi connectivity index (χ0) is 27.8. The minimum absolute atomic E-state index is 0.117. The molecule has 0 spiro atoms. The summed E-state index contributed by atoms with van der Waals surface area (Å²) in [5.74, 6) is 1.03. The van der Waals surface area contributed by atoms with Crippen molar-refractivity contribution in [3.63, 3.8) is 0 Å². The van der Waals surface area contributed by atoms with E-state index < -0.39 is 5.97 Å². The lowest BCUT2D eigenvalue weighted by Gasteiger charge is -2.09. The number of halogens is 1. The van der Waals surface area contributed by atoms with Crippen molar-refractivity contribution in [3.05, 3.63) is 75.9 Å². The lowest BCUT2D eigenvalue weighted by Crippen LogP contribution is -2.16. The summed E-state index contributed by atoms with van der Waals surface area (Å²) in [6, 6.07) is 15.1. The van der Waals surface area contributed by atoms with Crippen LogP contribution >= 0.6 is 34.7 Å². The van der Waals surface area contributed by atoms with Crippen LogP contribution in [0.3, 0.4) is 0 Å². The van der Waals surface area contributed by atoms with Crippen LogP contribution < -0.4 is 10.1 Å². The second kappa shape index (κ2) is 13.6. The van der Waals surface area contributed by atoms with Crippen molar-refractivity contribution in [2.45, 2.75) is 31.8 Å². The smallest absolute Gasteiger partial charge is 0.341 e. The maximum absolute atomic E-state index is 12.8. The zero-order valence-electron chi connectivity index (χ0n) is 21.9. The Morgan fingerprint density at radius 3 is 2.69 bits per heavy atom. The van der Waals surface area contributed by atoms with E-state index in [1.54, 1.807) is 6.92 Å². The molecule has 0 radical (unpaired) electrons. The molecular formula is C28H29ClN4O4S2. The van der Waals surface area contributed by atoms with Crippen LogP contribution in [0.5, 0.6) is 5.75 Å². The Hall–Kier alpha value is -3.34. The summed E-state index contributed by atoms with van der Waals surface area (Å²) in [6.45, 7) is 4.49. The van der Waals surface area contributed by atoms with Gasteiger partial charge in [-0.05, 0) is 49.6 Å². The van der Waals surface area contributed by atoms with Crippen molar-refractivity contribution in [1.29, 1.82) is 0 Å². The van der Waals surface area contributed by atoms with Crippen molar-refractivity contribution < 1.29 is 19.1 Å². The monoisotopic (exact) mass is 584 g/mol. The van der Waals surface area contributed by atoms with Gasteiger partial charge in [-0.2, -0.15) is 0 Å². The lowest BCUT2D eigenvalue weighted by molar-refractivity contribution is -0.113. The molecule has 11 heteroatoms. The van der Waals surface area contributed by atoms with E-state index in [-0.39, 0.29) is 18.3 Å². The van der Waals surface area contributed by atoms with Gasteiger partial charge in [0, 0.05) is 29.4 Å². The molecule has 0 bridgehead atoms. The molecular weight excluding hydrogens is 556 g/mol. The Bertz CT molecular complexity index is 1440. The lowest BCUT2D eigenvalue weighted by atomic mass is 10.0. The molecule has 2 aromatic heterocycles. The summed E-state index contributed by atoms with van der Waals surface area (Å²) in [6.07, 6.45) is 1.45. The van der Waals surface area contributed by atoms with E-state index >= 15 is 0 Å². The summed E-state index contributed by atoms with van der Waals surface area (Å²) in [4.78, 5) is 25.6. The molecule has 0 unspecified atom stereocenters. The first kappa shape index (κ1) is 28.7. The number of carbonyl (C=O) groups is 2. The minimum Gasteiger partial charge on any atom is -0.493 e. The van der Waals surface area contributed by atoms with E-state index in [0.29, 0.717) is 33.8 Å². The molecule has 1 amide bonds. The molecule has 0 atom stereocenters. The SMILES string of the molecule is CCOC(=O)c1c(-c2ccccc2)csc1NC(=O)CSc1nnc(CCCOc2ccc(Cl)cc2C)n1C. The van der Waals surface area contributed by atoms with E-state index in [2.05, 4.69) is 15.5 Å². The van der Waals surface area contributed by atoms with Crippen molar-refractivity contribution in [1.82, 2.24) is 14.8 Å². The number of hydrogen-bond acceptors (Lipinski definition) is 8. The summed E-state index contributed by atoms with van der Waals surface area (Å²) < 4.78 is 13.0. The van der Waals surface area contributed by atoms with Gasteiger partial charge < -0.3 is 19.4 Å². The summed E-state index contributed by atoms with van der Waals surface area (Å²) in [7, 11) is 1.88. The topological polar surface area (TPSA) is 95.3 Å². The van der Waals surface area contributed by atoms with Gasteiger partial charge in [-0.15, -0.1) is 21.5 Å². The minimum atomic E-state index is -0.464. The molecule has 0 aliphatic heterocycles. The number of rotatable bonds is 12. The summed E-state index contributed by atoms with van der Waals surface area (Å²) >= 11 is 8.58. The van der Waals surface area contributed by atoms with E-state index in [9.17, 15) is 9.59 Å². The number of nitrogens with zero attached hydrogens (tertiary/aromatic N) is 3. The fourth-order valence-corrected chi connectivity index (χ4v) is 5.78.